The number of aromatic nitrogens is 1. The summed E-state index contributed by atoms with van der Waals surface area (Å²) in [6.45, 7) is 3.72. The molecule has 0 bridgehead atoms. The second kappa shape index (κ2) is 5.14. The summed E-state index contributed by atoms with van der Waals surface area (Å²) in [5.74, 6) is -0.731. The lowest BCUT2D eigenvalue weighted by Gasteiger charge is -2.05. The summed E-state index contributed by atoms with van der Waals surface area (Å²) in [4.78, 5) is 23.3. The number of hydrogen-bond donors (Lipinski definition) is 1. The molecule has 0 radical (unpaired) electrons. The first-order chi connectivity index (χ1) is 9.06. The fourth-order valence-corrected chi connectivity index (χ4v) is 1.88. The quantitative estimate of drug-likeness (QED) is 0.678. The molecule has 0 atom stereocenters. The van der Waals surface area contributed by atoms with E-state index in [0.717, 1.165) is 0 Å². The van der Waals surface area contributed by atoms with Crippen LogP contribution in [0.4, 0.5) is 0 Å². The van der Waals surface area contributed by atoms with Crippen molar-refractivity contribution in [2.24, 2.45) is 0 Å². The molecule has 19 heavy (non-hydrogen) atoms. The fourth-order valence-electron chi connectivity index (χ4n) is 1.88. The van der Waals surface area contributed by atoms with Crippen LogP contribution < -0.4 is 0 Å². The second-order valence-corrected chi connectivity index (χ2v) is 4.13. The van der Waals surface area contributed by atoms with E-state index in [1.807, 2.05) is 0 Å². The van der Waals surface area contributed by atoms with Gasteiger partial charge in [0, 0.05) is 23.7 Å². The van der Waals surface area contributed by atoms with Crippen LogP contribution in [0.5, 0.6) is 5.75 Å². The number of hydrogen-bond acceptors (Lipinski definition) is 4. The molecular formula is C14H15NO4. The predicted molar refractivity (Wildman–Crippen MR) is 69.6 cm³/mol. The van der Waals surface area contributed by atoms with Crippen LogP contribution in [0, 0.1) is 0 Å². The molecule has 0 aliphatic heterocycles. The molecule has 0 aromatic carbocycles. The van der Waals surface area contributed by atoms with Gasteiger partial charge in [-0.25, -0.2) is 4.79 Å². The summed E-state index contributed by atoms with van der Waals surface area (Å²) >= 11 is 0. The van der Waals surface area contributed by atoms with Crippen LogP contribution in [0.3, 0.4) is 0 Å². The van der Waals surface area contributed by atoms with Crippen LogP contribution >= 0.6 is 0 Å². The maximum absolute atomic E-state index is 11.6. The summed E-state index contributed by atoms with van der Waals surface area (Å²) in [7, 11) is 0. The first kappa shape index (κ1) is 13.1. The van der Waals surface area contributed by atoms with Crippen LogP contribution in [0.15, 0.2) is 24.5 Å². The lowest BCUT2D eigenvalue weighted by atomic mass is 10.2. The van der Waals surface area contributed by atoms with Gasteiger partial charge in [0.25, 0.3) is 0 Å². The normalized spacial score (nSPS) is 10.6. The van der Waals surface area contributed by atoms with Gasteiger partial charge in [-0.2, -0.15) is 0 Å². The Morgan fingerprint density at radius 3 is 2.63 bits per heavy atom. The minimum Gasteiger partial charge on any atom is -0.505 e. The highest BCUT2D eigenvalue weighted by Gasteiger charge is 2.15. The van der Waals surface area contributed by atoms with Crippen molar-refractivity contribution < 1.29 is 19.4 Å². The number of aromatic hydroxyl groups is 1. The highest BCUT2D eigenvalue weighted by atomic mass is 16.5. The van der Waals surface area contributed by atoms with Crippen molar-refractivity contribution in [2.75, 3.05) is 6.61 Å². The van der Waals surface area contributed by atoms with Gasteiger partial charge in [-0.3, -0.25) is 4.79 Å². The van der Waals surface area contributed by atoms with Gasteiger partial charge in [0.2, 0.25) is 0 Å². The van der Waals surface area contributed by atoms with Gasteiger partial charge in [0.1, 0.15) is 11.3 Å². The molecule has 5 heteroatoms. The van der Waals surface area contributed by atoms with Gasteiger partial charge in [-0.15, -0.1) is 0 Å². The Labute approximate surface area is 110 Å². The van der Waals surface area contributed by atoms with Crippen LogP contribution in [-0.4, -0.2) is 27.9 Å². The summed E-state index contributed by atoms with van der Waals surface area (Å²) in [6.07, 6.45) is 3.44. The number of ether oxygens (including phenoxy) is 1. The SMILES string of the molecule is CCOC(=O)c1cc2cc(C(=O)CC)cn2cc1O. The lowest BCUT2D eigenvalue weighted by Crippen LogP contribution is -2.05. The van der Waals surface area contributed by atoms with E-state index in [-0.39, 0.29) is 23.7 Å². The minimum atomic E-state index is -0.577. The number of carbonyl (C=O) groups excluding carboxylic acids is 2. The average molecular weight is 261 g/mol. The van der Waals surface area contributed by atoms with E-state index >= 15 is 0 Å². The van der Waals surface area contributed by atoms with E-state index in [1.54, 1.807) is 30.5 Å². The molecule has 2 aromatic rings. The highest BCUT2D eigenvalue weighted by molar-refractivity contribution is 5.98. The molecule has 100 valence electrons. The smallest absolute Gasteiger partial charge is 0.342 e. The first-order valence-corrected chi connectivity index (χ1v) is 6.11. The maximum atomic E-state index is 11.6. The molecule has 1 N–H and O–H groups in total. The number of pyridine rings is 1. The number of carbonyl (C=O) groups is 2. The van der Waals surface area contributed by atoms with E-state index in [0.29, 0.717) is 17.5 Å². The standard InChI is InChI=1S/C14H15NO4/c1-3-12(16)9-5-10-6-11(14(18)19-4-2)13(17)8-15(10)7-9/h5-8,17H,3-4H2,1-2H3. The zero-order valence-electron chi connectivity index (χ0n) is 10.8. The Kier molecular flexibility index (Phi) is 3.55. The number of Topliss-reactive ketones (excluding diaryl/α,β-unsaturated/α-hetero) is 1. The number of nitrogens with zero attached hydrogens (tertiary/aromatic N) is 1. The van der Waals surface area contributed by atoms with Gasteiger partial charge in [-0.1, -0.05) is 6.92 Å². The lowest BCUT2D eigenvalue weighted by molar-refractivity contribution is 0.0523. The van der Waals surface area contributed by atoms with E-state index in [4.69, 9.17) is 4.74 Å². The summed E-state index contributed by atoms with van der Waals surface area (Å²) in [5, 5.41) is 9.80. The number of fused-ring (bicyclic) bond motifs is 1. The van der Waals surface area contributed by atoms with Crippen molar-refractivity contribution in [3.05, 3.63) is 35.7 Å². The van der Waals surface area contributed by atoms with E-state index in [1.165, 1.54) is 12.3 Å². The van der Waals surface area contributed by atoms with Crippen molar-refractivity contribution >= 4 is 17.3 Å². The summed E-state index contributed by atoms with van der Waals surface area (Å²) in [5.41, 5.74) is 1.32. The van der Waals surface area contributed by atoms with Crippen molar-refractivity contribution in [3.63, 3.8) is 0 Å². The molecule has 0 saturated heterocycles. The third-order valence-electron chi connectivity index (χ3n) is 2.85. The largest absolute Gasteiger partial charge is 0.505 e. The van der Waals surface area contributed by atoms with E-state index in [9.17, 15) is 14.7 Å². The molecule has 2 rings (SSSR count). The average Bonchev–Trinajstić information content (AvgIpc) is 2.79. The Balaban J connectivity index is 2.49. The molecule has 5 nitrogen and oxygen atoms in total. The molecule has 0 saturated carbocycles. The van der Waals surface area contributed by atoms with Crippen molar-refractivity contribution in [1.29, 1.82) is 0 Å². The van der Waals surface area contributed by atoms with Gasteiger partial charge in [0.15, 0.2) is 5.78 Å². The molecule has 0 unspecified atom stereocenters. The maximum Gasteiger partial charge on any atom is 0.342 e. The molecule has 2 heterocycles. The Bertz CT molecular complexity index is 642. The third-order valence-corrected chi connectivity index (χ3v) is 2.85. The molecular weight excluding hydrogens is 246 g/mol. The predicted octanol–water partition coefficient (Wildman–Crippen LogP) is 2.41. The molecule has 0 aliphatic rings. The molecule has 0 fully saturated rings. The molecule has 2 aromatic heterocycles. The van der Waals surface area contributed by atoms with E-state index < -0.39 is 5.97 Å². The van der Waals surface area contributed by atoms with Crippen LogP contribution in [-0.2, 0) is 4.74 Å². The summed E-state index contributed by atoms with van der Waals surface area (Å²) < 4.78 is 6.47. The van der Waals surface area contributed by atoms with Crippen molar-refractivity contribution in [2.45, 2.75) is 20.3 Å². The molecule has 0 aliphatic carbocycles. The minimum absolute atomic E-state index is 0.0147. The highest BCUT2D eigenvalue weighted by Crippen LogP contribution is 2.22. The molecule has 0 spiro atoms. The topological polar surface area (TPSA) is 68.0 Å². The number of esters is 1. The van der Waals surface area contributed by atoms with Crippen molar-refractivity contribution in [1.82, 2.24) is 4.40 Å². The monoisotopic (exact) mass is 261 g/mol. The first-order valence-electron chi connectivity index (χ1n) is 6.11. The van der Waals surface area contributed by atoms with Gasteiger partial charge >= 0.3 is 5.97 Å². The summed E-state index contributed by atoms with van der Waals surface area (Å²) in [6, 6.07) is 3.20. The second-order valence-electron chi connectivity index (χ2n) is 4.13. The fraction of sp³-hybridized carbons (Fsp3) is 0.286. The zero-order chi connectivity index (χ0) is 14.0. The number of ketones is 1. The van der Waals surface area contributed by atoms with Crippen LogP contribution in [0.25, 0.3) is 5.52 Å². The molecule has 0 amide bonds. The zero-order valence-corrected chi connectivity index (χ0v) is 10.8. The van der Waals surface area contributed by atoms with Gasteiger partial charge in [-0.05, 0) is 19.1 Å². The van der Waals surface area contributed by atoms with Crippen LogP contribution in [0.2, 0.25) is 0 Å². The van der Waals surface area contributed by atoms with Crippen molar-refractivity contribution in [3.8, 4) is 5.75 Å². The number of rotatable bonds is 4. The van der Waals surface area contributed by atoms with E-state index in [2.05, 4.69) is 0 Å². The Morgan fingerprint density at radius 1 is 1.26 bits per heavy atom. The Morgan fingerprint density at radius 2 is 2.00 bits per heavy atom. The third kappa shape index (κ3) is 2.45. The Hall–Kier alpha value is -2.30. The van der Waals surface area contributed by atoms with Gasteiger partial charge in [0.05, 0.1) is 12.8 Å². The van der Waals surface area contributed by atoms with Crippen LogP contribution in [0.1, 0.15) is 41.0 Å². The van der Waals surface area contributed by atoms with Gasteiger partial charge < -0.3 is 14.2 Å².